The number of rotatable bonds is 5. The lowest BCUT2D eigenvalue weighted by Gasteiger charge is -2.18. The predicted molar refractivity (Wildman–Crippen MR) is 60.6 cm³/mol. The molecule has 1 aromatic rings. The maximum absolute atomic E-state index is 5.62. The standard InChI is InChI=1S/C12H21NO2/c1-5-13-8-10-6-7-11(15-10)9-14-12(2,3)4/h6-7,13H,5,8-9H2,1-4H3. The molecule has 0 atom stereocenters. The summed E-state index contributed by atoms with van der Waals surface area (Å²) in [6.45, 7) is 10.5. The quantitative estimate of drug-likeness (QED) is 0.813. The minimum absolute atomic E-state index is 0.116. The molecule has 86 valence electrons. The number of hydrogen-bond acceptors (Lipinski definition) is 3. The molecule has 0 fully saturated rings. The molecular formula is C12H21NO2. The lowest BCUT2D eigenvalue weighted by Crippen LogP contribution is -2.18. The topological polar surface area (TPSA) is 34.4 Å². The first kappa shape index (κ1) is 12.3. The van der Waals surface area contributed by atoms with Crippen LogP contribution >= 0.6 is 0 Å². The summed E-state index contributed by atoms with van der Waals surface area (Å²) in [7, 11) is 0. The van der Waals surface area contributed by atoms with Gasteiger partial charge in [-0.2, -0.15) is 0 Å². The Morgan fingerprint density at radius 1 is 1.27 bits per heavy atom. The summed E-state index contributed by atoms with van der Waals surface area (Å²) in [5.74, 6) is 1.85. The molecule has 0 aliphatic carbocycles. The molecule has 1 rings (SSSR count). The Balaban J connectivity index is 2.39. The summed E-state index contributed by atoms with van der Waals surface area (Å²) in [6, 6.07) is 3.96. The first-order valence-corrected chi connectivity index (χ1v) is 5.43. The SMILES string of the molecule is CCNCc1ccc(COC(C)(C)C)o1. The van der Waals surface area contributed by atoms with Crippen molar-refractivity contribution < 1.29 is 9.15 Å². The molecule has 3 heteroatoms. The summed E-state index contributed by atoms with van der Waals surface area (Å²) >= 11 is 0. The van der Waals surface area contributed by atoms with E-state index in [0.717, 1.165) is 24.6 Å². The highest BCUT2D eigenvalue weighted by Crippen LogP contribution is 2.14. The second kappa shape index (κ2) is 5.33. The number of hydrogen-bond donors (Lipinski definition) is 1. The van der Waals surface area contributed by atoms with Crippen LogP contribution < -0.4 is 5.32 Å². The van der Waals surface area contributed by atoms with E-state index in [4.69, 9.17) is 9.15 Å². The molecular weight excluding hydrogens is 190 g/mol. The molecule has 1 aromatic heterocycles. The minimum Gasteiger partial charge on any atom is -0.462 e. The van der Waals surface area contributed by atoms with Crippen LogP contribution in [0.4, 0.5) is 0 Å². The van der Waals surface area contributed by atoms with Crippen LogP contribution in [0.1, 0.15) is 39.2 Å². The van der Waals surface area contributed by atoms with E-state index in [1.807, 2.05) is 32.9 Å². The largest absolute Gasteiger partial charge is 0.462 e. The van der Waals surface area contributed by atoms with Crippen molar-refractivity contribution in [1.29, 1.82) is 0 Å². The fourth-order valence-electron chi connectivity index (χ4n) is 1.13. The molecule has 1 heterocycles. The second-order valence-electron chi connectivity index (χ2n) is 4.55. The monoisotopic (exact) mass is 211 g/mol. The third-order valence-corrected chi connectivity index (χ3v) is 1.91. The van der Waals surface area contributed by atoms with Gasteiger partial charge in [0.05, 0.1) is 12.1 Å². The summed E-state index contributed by atoms with van der Waals surface area (Å²) < 4.78 is 11.2. The van der Waals surface area contributed by atoms with Crippen molar-refractivity contribution in [2.45, 2.75) is 46.4 Å². The van der Waals surface area contributed by atoms with Gasteiger partial charge in [-0.05, 0) is 39.4 Å². The summed E-state index contributed by atoms with van der Waals surface area (Å²) in [5.41, 5.74) is -0.116. The Bertz CT molecular complexity index is 286. The average Bonchev–Trinajstić information content (AvgIpc) is 2.58. The second-order valence-corrected chi connectivity index (χ2v) is 4.55. The van der Waals surface area contributed by atoms with Gasteiger partial charge in [-0.3, -0.25) is 0 Å². The summed E-state index contributed by atoms with van der Waals surface area (Å²) in [5, 5.41) is 3.22. The van der Waals surface area contributed by atoms with Crippen LogP contribution in [0.15, 0.2) is 16.5 Å². The van der Waals surface area contributed by atoms with E-state index in [9.17, 15) is 0 Å². The van der Waals surface area contributed by atoms with Crippen molar-refractivity contribution in [2.75, 3.05) is 6.54 Å². The van der Waals surface area contributed by atoms with E-state index in [-0.39, 0.29) is 5.60 Å². The van der Waals surface area contributed by atoms with Crippen LogP contribution in [0.3, 0.4) is 0 Å². The molecule has 0 aliphatic rings. The maximum atomic E-state index is 5.62. The van der Waals surface area contributed by atoms with E-state index >= 15 is 0 Å². The molecule has 0 amide bonds. The highest BCUT2D eigenvalue weighted by molar-refractivity contribution is 5.06. The van der Waals surface area contributed by atoms with Gasteiger partial charge in [0.15, 0.2) is 0 Å². The number of furan rings is 1. The highest BCUT2D eigenvalue weighted by Gasteiger charge is 2.11. The van der Waals surface area contributed by atoms with Crippen molar-refractivity contribution in [1.82, 2.24) is 5.32 Å². The lowest BCUT2D eigenvalue weighted by atomic mass is 10.2. The zero-order valence-electron chi connectivity index (χ0n) is 10.1. The number of ether oxygens (including phenoxy) is 1. The zero-order chi connectivity index (χ0) is 11.3. The number of nitrogens with one attached hydrogen (secondary N) is 1. The maximum Gasteiger partial charge on any atom is 0.129 e. The summed E-state index contributed by atoms with van der Waals surface area (Å²) in [6.07, 6.45) is 0. The van der Waals surface area contributed by atoms with Crippen molar-refractivity contribution >= 4 is 0 Å². The van der Waals surface area contributed by atoms with Gasteiger partial charge in [0, 0.05) is 0 Å². The molecule has 15 heavy (non-hydrogen) atoms. The highest BCUT2D eigenvalue weighted by atomic mass is 16.5. The van der Waals surface area contributed by atoms with Gasteiger partial charge in [-0.25, -0.2) is 0 Å². The first-order chi connectivity index (χ1) is 7.01. The Hall–Kier alpha value is -0.800. The van der Waals surface area contributed by atoms with Crippen LogP contribution in [0.25, 0.3) is 0 Å². The van der Waals surface area contributed by atoms with Crippen LogP contribution in [0.2, 0.25) is 0 Å². The molecule has 1 N–H and O–H groups in total. The Morgan fingerprint density at radius 3 is 2.53 bits per heavy atom. The van der Waals surface area contributed by atoms with E-state index in [1.54, 1.807) is 0 Å². The van der Waals surface area contributed by atoms with Gasteiger partial charge in [0.1, 0.15) is 18.1 Å². The van der Waals surface area contributed by atoms with Gasteiger partial charge in [0.25, 0.3) is 0 Å². The van der Waals surface area contributed by atoms with Gasteiger partial charge < -0.3 is 14.5 Å². The van der Waals surface area contributed by atoms with Crippen LogP contribution in [0.5, 0.6) is 0 Å². The Kier molecular flexibility index (Phi) is 4.36. The first-order valence-electron chi connectivity index (χ1n) is 5.43. The average molecular weight is 211 g/mol. The lowest BCUT2D eigenvalue weighted by molar-refractivity contribution is -0.0227. The summed E-state index contributed by atoms with van der Waals surface area (Å²) in [4.78, 5) is 0. The molecule has 3 nitrogen and oxygen atoms in total. The molecule has 0 aromatic carbocycles. The third-order valence-electron chi connectivity index (χ3n) is 1.91. The normalized spacial score (nSPS) is 12.0. The Labute approximate surface area is 91.8 Å². The molecule has 0 saturated carbocycles. The van der Waals surface area contributed by atoms with Crippen LogP contribution in [-0.2, 0) is 17.9 Å². The third kappa shape index (κ3) is 5.00. The van der Waals surface area contributed by atoms with Crippen LogP contribution in [0, 0.1) is 0 Å². The molecule has 0 radical (unpaired) electrons. The minimum atomic E-state index is -0.116. The van der Waals surface area contributed by atoms with Crippen molar-refractivity contribution in [3.05, 3.63) is 23.7 Å². The Morgan fingerprint density at radius 2 is 1.93 bits per heavy atom. The van der Waals surface area contributed by atoms with Gasteiger partial charge >= 0.3 is 0 Å². The molecule has 0 saturated heterocycles. The van der Waals surface area contributed by atoms with E-state index < -0.39 is 0 Å². The van der Waals surface area contributed by atoms with Crippen molar-refractivity contribution in [2.24, 2.45) is 0 Å². The van der Waals surface area contributed by atoms with Gasteiger partial charge in [0.2, 0.25) is 0 Å². The van der Waals surface area contributed by atoms with E-state index in [0.29, 0.717) is 6.61 Å². The smallest absolute Gasteiger partial charge is 0.129 e. The van der Waals surface area contributed by atoms with Crippen molar-refractivity contribution in [3.8, 4) is 0 Å². The predicted octanol–water partition coefficient (Wildman–Crippen LogP) is 2.70. The zero-order valence-corrected chi connectivity index (χ0v) is 10.1. The van der Waals surface area contributed by atoms with E-state index in [1.165, 1.54) is 0 Å². The van der Waals surface area contributed by atoms with Crippen molar-refractivity contribution in [3.63, 3.8) is 0 Å². The fourth-order valence-corrected chi connectivity index (χ4v) is 1.13. The van der Waals surface area contributed by atoms with Crippen LogP contribution in [-0.4, -0.2) is 12.1 Å². The molecule has 0 aliphatic heterocycles. The molecule has 0 bridgehead atoms. The van der Waals surface area contributed by atoms with Gasteiger partial charge in [-0.1, -0.05) is 6.92 Å². The van der Waals surface area contributed by atoms with Gasteiger partial charge in [-0.15, -0.1) is 0 Å². The van der Waals surface area contributed by atoms with E-state index in [2.05, 4.69) is 12.2 Å². The fraction of sp³-hybridized carbons (Fsp3) is 0.667. The molecule has 0 unspecified atom stereocenters. The molecule has 0 spiro atoms.